The van der Waals surface area contributed by atoms with E-state index in [-0.39, 0.29) is 42.0 Å². The molecule has 0 saturated carbocycles. The molecule has 0 aliphatic rings. The minimum Gasteiger partial charge on any atom is -1.00 e. The first-order valence-corrected chi connectivity index (χ1v) is 6.96. The Morgan fingerprint density at radius 3 is 0.577 bits per heavy atom. The van der Waals surface area contributed by atoms with Gasteiger partial charge >= 0.3 is 29.6 Å². The van der Waals surface area contributed by atoms with Gasteiger partial charge in [-0.05, 0) is 0 Å². The number of hydrogen-bond donors (Lipinski definition) is 12. The van der Waals surface area contributed by atoms with E-state index in [1.54, 1.807) is 0 Å². The molecule has 0 saturated heterocycles. The molecule has 0 aromatic heterocycles. The van der Waals surface area contributed by atoms with Gasteiger partial charge in [-0.1, -0.05) is 0 Å². The molecule has 0 spiro atoms. The Balaban J connectivity index is -0.000000173. The van der Waals surface area contributed by atoms with Gasteiger partial charge < -0.3 is 73.7 Å². The number of halogens is 1. The van der Waals surface area contributed by atoms with Gasteiger partial charge in [0.05, 0.1) is 26.4 Å². The maximum absolute atomic E-state index is 8.96. The fraction of sp³-hybridized carbons (Fsp3) is 1.00. The molecule has 12 nitrogen and oxygen atoms in total. The van der Waals surface area contributed by atoms with Crippen molar-refractivity contribution in [3.05, 3.63) is 0 Å². The van der Waals surface area contributed by atoms with E-state index in [0.29, 0.717) is 0 Å². The molecule has 0 amide bonds. The normalized spacial score (nSPS) is 19.8. The Morgan fingerprint density at radius 2 is 0.500 bits per heavy atom. The van der Waals surface area contributed by atoms with Crippen molar-refractivity contribution in [2.75, 3.05) is 26.4 Å². The number of hydrogen-bond acceptors (Lipinski definition) is 12. The monoisotopic (exact) mass is 422 g/mol. The molecule has 26 heavy (non-hydrogen) atoms. The third-order valence-corrected chi connectivity index (χ3v) is 3.02. The van der Waals surface area contributed by atoms with Crippen LogP contribution in [0.15, 0.2) is 0 Å². The summed E-state index contributed by atoms with van der Waals surface area (Å²) in [6.45, 7) is -2.90. The third kappa shape index (κ3) is 13.1. The van der Waals surface area contributed by atoms with Crippen LogP contribution in [0, 0.1) is 0 Å². The predicted molar refractivity (Wildman–Crippen MR) is 76.4 cm³/mol. The van der Waals surface area contributed by atoms with E-state index < -0.39 is 75.3 Å². The zero-order chi connectivity index (χ0) is 19.4. The smallest absolute Gasteiger partial charge is 1.00 e. The molecule has 0 radical (unpaired) electrons. The molecule has 0 rings (SSSR count). The van der Waals surface area contributed by atoms with Crippen molar-refractivity contribution in [1.82, 2.24) is 0 Å². The number of rotatable bonds is 10. The second-order valence-electron chi connectivity index (χ2n) is 4.96. The van der Waals surface area contributed by atoms with Crippen molar-refractivity contribution >= 4 is 0 Å². The van der Waals surface area contributed by atoms with E-state index >= 15 is 0 Å². The van der Waals surface area contributed by atoms with Crippen molar-refractivity contribution < 1.29 is 103 Å². The standard InChI is InChI=1S/2C6H14O6.ClH.Na/c2*7-1-3(9)5(11)6(12)4(10)2-8;;/h2*3-12H,1-2H2;1H;/q;;;+1/p-1/t3-,4+,5-,6-;3-,4-,5-,6-;;/m11../s1. The molecule has 14 heteroatoms. The molecule has 156 valence electrons. The molecule has 0 bridgehead atoms. The zero-order valence-electron chi connectivity index (χ0n) is 14.2. The van der Waals surface area contributed by atoms with Crippen molar-refractivity contribution in [3.8, 4) is 0 Å². The maximum Gasteiger partial charge on any atom is 1.00 e. The predicted octanol–water partition coefficient (Wildman–Crippen LogP) is -13.2. The molecule has 0 unspecified atom stereocenters. The first kappa shape index (κ1) is 34.3. The zero-order valence-corrected chi connectivity index (χ0v) is 16.9. The number of aliphatic hydroxyl groups is 12. The minimum absolute atomic E-state index is 0. The molecule has 8 atom stereocenters. The molecule has 0 aliphatic carbocycles. The summed E-state index contributed by atoms with van der Waals surface area (Å²) in [4.78, 5) is 0. The van der Waals surface area contributed by atoms with Gasteiger partial charge in [-0.2, -0.15) is 0 Å². The van der Waals surface area contributed by atoms with Crippen LogP contribution in [0.1, 0.15) is 0 Å². The Kier molecular flexibility index (Phi) is 25.3. The van der Waals surface area contributed by atoms with E-state index in [9.17, 15) is 0 Å². The molecular weight excluding hydrogens is 395 g/mol. The molecule has 0 aromatic carbocycles. The summed E-state index contributed by atoms with van der Waals surface area (Å²) >= 11 is 0. The second-order valence-corrected chi connectivity index (χ2v) is 4.96. The SMILES string of the molecule is OC[C@@H](O)[C@@H](O)[C@H](O)[C@@H](O)CO.OC[C@@H](O)[C@@H](O)[C@H](O)[C@H](O)CO.[Cl-].[Na+]. The summed E-state index contributed by atoms with van der Waals surface area (Å²) in [7, 11) is 0. The quantitative estimate of drug-likeness (QED) is 0.147. The van der Waals surface area contributed by atoms with Gasteiger partial charge in [0, 0.05) is 0 Å². The van der Waals surface area contributed by atoms with Crippen LogP contribution in [-0.4, -0.2) is 137 Å². The Labute approximate surface area is 178 Å². The van der Waals surface area contributed by atoms with Gasteiger partial charge in [0.1, 0.15) is 48.8 Å². The van der Waals surface area contributed by atoms with Gasteiger partial charge in [0.15, 0.2) is 0 Å². The first-order valence-electron chi connectivity index (χ1n) is 6.96. The van der Waals surface area contributed by atoms with Crippen LogP contribution < -0.4 is 42.0 Å². The summed E-state index contributed by atoms with van der Waals surface area (Å²) in [5.41, 5.74) is 0. The van der Waals surface area contributed by atoms with Crippen molar-refractivity contribution in [1.29, 1.82) is 0 Å². The minimum atomic E-state index is -1.67. The first-order chi connectivity index (χ1) is 11.1. The second kappa shape index (κ2) is 19.1. The fourth-order valence-corrected chi connectivity index (χ4v) is 1.34. The van der Waals surface area contributed by atoms with Crippen LogP contribution in [0.3, 0.4) is 0 Å². The van der Waals surface area contributed by atoms with Gasteiger partial charge in [0.2, 0.25) is 0 Å². The largest absolute Gasteiger partial charge is 1.00 e. The average Bonchev–Trinajstić information content (AvgIpc) is 2.62. The van der Waals surface area contributed by atoms with E-state index in [1.807, 2.05) is 0 Å². The van der Waals surface area contributed by atoms with E-state index in [1.165, 1.54) is 0 Å². The van der Waals surface area contributed by atoms with Crippen molar-refractivity contribution in [3.63, 3.8) is 0 Å². The van der Waals surface area contributed by atoms with Crippen LogP contribution in [-0.2, 0) is 0 Å². The van der Waals surface area contributed by atoms with Gasteiger partial charge in [0.25, 0.3) is 0 Å². The molecule has 0 heterocycles. The summed E-state index contributed by atoms with van der Waals surface area (Å²) in [6.07, 6.45) is -12.8. The van der Waals surface area contributed by atoms with E-state index in [4.69, 9.17) is 61.3 Å². The maximum atomic E-state index is 8.96. The average molecular weight is 423 g/mol. The van der Waals surface area contributed by atoms with Gasteiger partial charge in [-0.25, -0.2) is 0 Å². The van der Waals surface area contributed by atoms with Gasteiger partial charge in [-0.3, -0.25) is 0 Å². The van der Waals surface area contributed by atoms with E-state index in [0.717, 1.165) is 0 Å². The molecule has 12 N–H and O–H groups in total. The van der Waals surface area contributed by atoms with Crippen LogP contribution in [0.2, 0.25) is 0 Å². The summed E-state index contributed by atoms with van der Waals surface area (Å²) < 4.78 is 0. The van der Waals surface area contributed by atoms with Crippen LogP contribution in [0.4, 0.5) is 0 Å². The molecule has 0 fully saturated rings. The molecule has 0 aliphatic heterocycles. The molecule has 0 aromatic rings. The van der Waals surface area contributed by atoms with Crippen LogP contribution in [0.25, 0.3) is 0 Å². The summed E-state index contributed by atoms with van der Waals surface area (Å²) in [5.74, 6) is 0. The summed E-state index contributed by atoms with van der Waals surface area (Å²) in [6, 6.07) is 0. The van der Waals surface area contributed by atoms with Crippen molar-refractivity contribution in [2.45, 2.75) is 48.8 Å². The Morgan fingerprint density at radius 1 is 0.385 bits per heavy atom. The molecular formula is C12H28ClNaO12. The fourth-order valence-electron chi connectivity index (χ4n) is 1.34. The van der Waals surface area contributed by atoms with Gasteiger partial charge in [-0.15, -0.1) is 0 Å². The number of aliphatic hydroxyl groups excluding tert-OH is 12. The Hall–Kier alpha value is 0.810. The van der Waals surface area contributed by atoms with E-state index in [2.05, 4.69) is 0 Å². The Bertz CT molecular complexity index is 249. The van der Waals surface area contributed by atoms with Crippen molar-refractivity contribution in [2.24, 2.45) is 0 Å². The van der Waals surface area contributed by atoms with Crippen LogP contribution in [0.5, 0.6) is 0 Å². The summed E-state index contributed by atoms with van der Waals surface area (Å²) in [5, 5.41) is 104. The third-order valence-electron chi connectivity index (χ3n) is 3.02. The topological polar surface area (TPSA) is 243 Å². The van der Waals surface area contributed by atoms with Crippen LogP contribution >= 0.6 is 0 Å².